The zero-order chi connectivity index (χ0) is 23.5. The van der Waals surface area contributed by atoms with Crippen molar-refractivity contribution in [1.29, 1.82) is 5.26 Å². The molecule has 1 aliphatic heterocycles. The summed E-state index contributed by atoms with van der Waals surface area (Å²) in [6, 6.07) is 12.6. The molecule has 11 heteroatoms. The van der Waals surface area contributed by atoms with Gasteiger partial charge < -0.3 is 5.32 Å². The van der Waals surface area contributed by atoms with Gasteiger partial charge in [0.15, 0.2) is 0 Å². The fourth-order valence-electron chi connectivity index (χ4n) is 3.60. The van der Waals surface area contributed by atoms with E-state index in [0.717, 1.165) is 0 Å². The first-order valence-electron chi connectivity index (χ1n) is 9.94. The molecule has 170 valence electrons. The molecule has 32 heavy (non-hydrogen) atoms. The van der Waals surface area contributed by atoms with Crippen LogP contribution in [0.4, 0.5) is 5.69 Å². The number of nitrogens with zero attached hydrogens (tertiary/aromatic N) is 2. The van der Waals surface area contributed by atoms with Gasteiger partial charge in [0.1, 0.15) is 6.07 Å². The largest absolute Gasteiger partial charge is 0.326 e. The van der Waals surface area contributed by atoms with Gasteiger partial charge in [-0.3, -0.25) is 4.79 Å². The second-order valence-corrected chi connectivity index (χ2v) is 11.2. The Balaban J connectivity index is 1.69. The lowest BCUT2D eigenvalue weighted by molar-refractivity contribution is -0.120. The van der Waals surface area contributed by atoms with Crippen LogP contribution >= 0.6 is 0 Å². The zero-order valence-electron chi connectivity index (χ0n) is 17.7. The van der Waals surface area contributed by atoms with Gasteiger partial charge in [0.05, 0.1) is 15.4 Å². The number of aryl methyl sites for hydroxylation is 1. The van der Waals surface area contributed by atoms with Crippen LogP contribution in [0.3, 0.4) is 0 Å². The summed E-state index contributed by atoms with van der Waals surface area (Å²) in [4.78, 5) is 12.8. The summed E-state index contributed by atoms with van der Waals surface area (Å²) >= 11 is 0. The van der Waals surface area contributed by atoms with Crippen molar-refractivity contribution in [2.75, 3.05) is 25.5 Å². The molecule has 0 bridgehead atoms. The molecule has 0 aliphatic carbocycles. The fourth-order valence-corrected chi connectivity index (χ4v) is 6.21. The van der Waals surface area contributed by atoms with Gasteiger partial charge in [-0.2, -0.15) is 9.57 Å². The third kappa shape index (κ3) is 4.83. The standard InChI is InChI=1S/C21H24N4O5S2/c1-15-7-8-18(13-20(15)31(27,28)23-2)24-21(26)16-9-11-25(12-10-16)32(29,30)19-6-4-3-5-17(19)14-22/h3-8,13,16,23H,9-12H2,1-2H3,(H,24,26). The maximum Gasteiger partial charge on any atom is 0.244 e. The van der Waals surface area contributed by atoms with Crippen LogP contribution < -0.4 is 10.0 Å². The number of hydrogen-bond donors (Lipinski definition) is 2. The van der Waals surface area contributed by atoms with Crippen molar-refractivity contribution < 1.29 is 21.6 Å². The lowest BCUT2D eigenvalue weighted by Crippen LogP contribution is -2.41. The summed E-state index contributed by atoms with van der Waals surface area (Å²) in [5.41, 5.74) is 0.986. The number of amides is 1. The number of carbonyl (C=O) groups is 1. The molecule has 1 heterocycles. The lowest BCUT2D eigenvalue weighted by Gasteiger charge is -2.30. The molecule has 2 aromatic rings. The fraction of sp³-hybridized carbons (Fsp3) is 0.333. The third-order valence-electron chi connectivity index (χ3n) is 5.46. The number of rotatable bonds is 6. The van der Waals surface area contributed by atoms with E-state index in [4.69, 9.17) is 0 Å². The van der Waals surface area contributed by atoms with E-state index in [-0.39, 0.29) is 34.4 Å². The van der Waals surface area contributed by atoms with Crippen LogP contribution in [-0.4, -0.2) is 47.2 Å². The van der Waals surface area contributed by atoms with Crippen molar-refractivity contribution in [1.82, 2.24) is 9.03 Å². The van der Waals surface area contributed by atoms with E-state index in [1.165, 1.54) is 29.6 Å². The molecule has 9 nitrogen and oxygen atoms in total. The van der Waals surface area contributed by atoms with E-state index < -0.39 is 26.0 Å². The molecule has 1 amide bonds. The minimum atomic E-state index is -3.84. The molecule has 2 N–H and O–H groups in total. The minimum Gasteiger partial charge on any atom is -0.326 e. The van der Waals surface area contributed by atoms with E-state index in [9.17, 15) is 26.9 Å². The Morgan fingerprint density at radius 1 is 1.06 bits per heavy atom. The number of nitriles is 1. The molecule has 0 radical (unpaired) electrons. The van der Waals surface area contributed by atoms with Crippen LogP contribution in [0.5, 0.6) is 0 Å². The molecule has 2 aromatic carbocycles. The molecule has 0 saturated carbocycles. The first-order chi connectivity index (χ1) is 15.1. The van der Waals surface area contributed by atoms with Crippen molar-refractivity contribution in [3.63, 3.8) is 0 Å². The summed E-state index contributed by atoms with van der Waals surface area (Å²) < 4.78 is 53.7. The minimum absolute atomic E-state index is 0.0386. The summed E-state index contributed by atoms with van der Waals surface area (Å²) in [7, 11) is -6.19. The number of hydrogen-bond acceptors (Lipinski definition) is 6. The molecule has 1 aliphatic rings. The molecule has 1 fully saturated rings. The summed E-state index contributed by atoms with van der Waals surface area (Å²) in [5.74, 6) is -0.713. The van der Waals surface area contributed by atoms with Crippen LogP contribution in [-0.2, 0) is 24.8 Å². The molecule has 0 spiro atoms. The molecule has 0 atom stereocenters. The van der Waals surface area contributed by atoms with Gasteiger partial charge in [-0.05, 0) is 56.6 Å². The highest BCUT2D eigenvalue weighted by atomic mass is 32.2. The van der Waals surface area contributed by atoms with Crippen LogP contribution in [0.15, 0.2) is 52.3 Å². The van der Waals surface area contributed by atoms with E-state index in [0.29, 0.717) is 24.1 Å². The number of nitrogens with one attached hydrogen (secondary N) is 2. The Kier molecular flexibility index (Phi) is 7.00. The molecular formula is C21H24N4O5S2. The van der Waals surface area contributed by atoms with Crippen LogP contribution in [0.25, 0.3) is 0 Å². The van der Waals surface area contributed by atoms with E-state index in [2.05, 4.69) is 10.0 Å². The monoisotopic (exact) mass is 476 g/mol. The lowest BCUT2D eigenvalue weighted by atomic mass is 9.97. The first-order valence-corrected chi connectivity index (χ1v) is 12.9. The summed E-state index contributed by atoms with van der Waals surface area (Å²) in [6.07, 6.45) is 0.626. The smallest absolute Gasteiger partial charge is 0.244 e. The zero-order valence-corrected chi connectivity index (χ0v) is 19.3. The number of piperidine rings is 1. The quantitative estimate of drug-likeness (QED) is 0.653. The highest BCUT2D eigenvalue weighted by Gasteiger charge is 2.33. The molecule has 3 rings (SSSR count). The SMILES string of the molecule is CNS(=O)(=O)c1cc(NC(=O)C2CCN(S(=O)(=O)c3ccccc3C#N)CC2)ccc1C. The number of anilines is 1. The van der Waals surface area contributed by atoms with Crippen LogP contribution in [0.1, 0.15) is 24.0 Å². The summed E-state index contributed by atoms with van der Waals surface area (Å²) in [6.45, 7) is 1.96. The first kappa shape index (κ1) is 23.9. The van der Waals surface area contributed by atoms with Gasteiger partial charge >= 0.3 is 0 Å². The number of sulfonamides is 2. The van der Waals surface area contributed by atoms with Gasteiger partial charge in [0.25, 0.3) is 0 Å². The van der Waals surface area contributed by atoms with Crippen molar-refractivity contribution >= 4 is 31.6 Å². The van der Waals surface area contributed by atoms with Gasteiger partial charge in [-0.25, -0.2) is 21.6 Å². The van der Waals surface area contributed by atoms with Crippen molar-refractivity contribution in [2.45, 2.75) is 29.6 Å². The predicted molar refractivity (Wildman–Crippen MR) is 119 cm³/mol. The molecule has 1 saturated heterocycles. The van der Waals surface area contributed by atoms with Gasteiger partial charge in [-0.15, -0.1) is 0 Å². The van der Waals surface area contributed by atoms with Crippen molar-refractivity contribution in [3.05, 3.63) is 53.6 Å². The Labute approximate surface area is 188 Å². The highest BCUT2D eigenvalue weighted by molar-refractivity contribution is 7.89. The maximum absolute atomic E-state index is 12.9. The second-order valence-electron chi connectivity index (χ2n) is 7.46. The van der Waals surface area contributed by atoms with Gasteiger partial charge in [0.2, 0.25) is 26.0 Å². The van der Waals surface area contributed by atoms with Crippen molar-refractivity contribution in [2.24, 2.45) is 5.92 Å². The Bertz CT molecular complexity index is 1280. The normalized spacial score (nSPS) is 15.8. The summed E-state index contributed by atoms with van der Waals surface area (Å²) in [5, 5.41) is 11.9. The van der Waals surface area contributed by atoms with E-state index >= 15 is 0 Å². The number of benzene rings is 2. The van der Waals surface area contributed by atoms with E-state index in [1.807, 2.05) is 6.07 Å². The Hall–Kier alpha value is -2.78. The molecular weight excluding hydrogens is 452 g/mol. The third-order valence-corrected chi connectivity index (χ3v) is 8.98. The topological polar surface area (TPSA) is 136 Å². The van der Waals surface area contributed by atoms with E-state index in [1.54, 1.807) is 31.2 Å². The van der Waals surface area contributed by atoms with Crippen LogP contribution in [0, 0.1) is 24.2 Å². The van der Waals surface area contributed by atoms with Gasteiger partial charge in [0, 0.05) is 24.7 Å². The van der Waals surface area contributed by atoms with Crippen molar-refractivity contribution in [3.8, 4) is 6.07 Å². The van der Waals surface area contributed by atoms with Gasteiger partial charge in [-0.1, -0.05) is 18.2 Å². The second kappa shape index (κ2) is 9.38. The predicted octanol–water partition coefficient (Wildman–Crippen LogP) is 1.81. The average Bonchev–Trinajstić information content (AvgIpc) is 2.80. The molecule has 0 aromatic heterocycles. The maximum atomic E-state index is 12.9. The van der Waals surface area contributed by atoms with Crippen LogP contribution in [0.2, 0.25) is 0 Å². The number of carbonyl (C=O) groups excluding carboxylic acids is 1. The molecule has 0 unspecified atom stereocenters. The highest BCUT2D eigenvalue weighted by Crippen LogP contribution is 2.27. The Morgan fingerprint density at radius 3 is 2.34 bits per heavy atom. The Morgan fingerprint density at radius 2 is 1.72 bits per heavy atom. The average molecular weight is 477 g/mol.